The first-order valence-corrected chi connectivity index (χ1v) is 9.51. The number of hydrogen-bond donors (Lipinski definition) is 0. The van der Waals surface area contributed by atoms with E-state index in [1.807, 2.05) is 6.07 Å². The highest BCUT2D eigenvalue weighted by atomic mass is 32.2. The topological polar surface area (TPSA) is 61.2 Å². The summed E-state index contributed by atoms with van der Waals surface area (Å²) in [5, 5.41) is 9.16. The molecule has 22 heavy (non-hydrogen) atoms. The van der Waals surface area contributed by atoms with Gasteiger partial charge in [-0.15, -0.1) is 0 Å². The second-order valence-corrected chi connectivity index (χ2v) is 7.33. The van der Waals surface area contributed by atoms with Gasteiger partial charge in [0.2, 0.25) is 10.0 Å². The maximum Gasteiger partial charge on any atom is 0.244 e. The fourth-order valence-corrected chi connectivity index (χ4v) is 4.01. The zero-order valence-corrected chi connectivity index (χ0v) is 14.4. The summed E-state index contributed by atoms with van der Waals surface area (Å²) in [6.45, 7) is 5.25. The Balaban J connectivity index is 3.01. The molecule has 0 N–H and O–H groups in total. The maximum absolute atomic E-state index is 12.9. The van der Waals surface area contributed by atoms with Crippen LogP contribution in [-0.2, 0) is 10.0 Å². The first-order chi connectivity index (χ1) is 10.6. The number of benzene rings is 1. The van der Waals surface area contributed by atoms with E-state index in [2.05, 4.69) is 13.8 Å². The van der Waals surface area contributed by atoms with Crippen molar-refractivity contribution in [2.24, 2.45) is 0 Å². The molecule has 1 rings (SSSR count). The number of sulfonamides is 1. The maximum atomic E-state index is 12.9. The Kier molecular flexibility index (Phi) is 8.15. The molecule has 0 saturated carbocycles. The Labute approximate surface area is 134 Å². The standard InChI is InChI=1S/C17H26N2O2S/c1-3-5-9-13-19(14-10-6-4-2)22(20,21)17-12-8-7-11-16(17)15-18/h7-8,11-12H,3-6,9-10,13-14H2,1-2H3. The molecule has 5 heteroatoms. The van der Waals surface area contributed by atoms with E-state index in [1.165, 1.54) is 6.07 Å². The van der Waals surface area contributed by atoms with Gasteiger partial charge < -0.3 is 0 Å². The zero-order chi connectivity index (χ0) is 16.4. The molecule has 0 aromatic heterocycles. The van der Waals surface area contributed by atoms with Crippen molar-refractivity contribution in [1.82, 2.24) is 4.31 Å². The molecule has 0 aliphatic heterocycles. The minimum Gasteiger partial charge on any atom is -0.207 e. The van der Waals surface area contributed by atoms with Crippen molar-refractivity contribution in [3.63, 3.8) is 0 Å². The average Bonchev–Trinajstić information content (AvgIpc) is 2.53. The highest BCUT2D eigenvalue weighted by molar-refractivity contribution is 7.89. The summed E-state index contributed by atoms with van der Waals surface area (Å²) in [7, 11) is -3.59. The van der Waals surface area contributed by atoms with E-state index in [0.717, 1.165) is 38.5 Å². The normalized spacial score (nSPS) is 11.5. The summed E-state index contributed by atoms with van der Waals surface area (Å²) in [6.07, 6.45) is 5.85. The third-order valence-electron chi connectivity index (χ3n) is 3.65. The highest BCUT2D eigenvalue weighted by Gasteiger charge is 2.26. The van der Waals surface area contributed by atoms with Crippen LogP contribution in [-0.4, -0.2) is 25.8 Å². The minimum absolute atomic E-state index is 0.130. The van der Waals surface area contributed by atoms with Gasteiger partial charge in [0.1, 0.15) is 6.07 Å². The summed E-state index contributed by atoms with van der Waals surface area (Å²) >= 11 is 0. The van der Waals surface area contributed by atoms with Crippen LogP contribution >= 0.6 is 0 Å². The molecule has 0 unspecified atom stereocenters. The number of nitrogens with zero attached hydrogens (tertiary/aromatic N) is 2. The van der Waals surface area contributed by atoms with E-state index in [4.69, 9.17) is 5.26 Å². The van der Waals surface area contributed by atoms with Crippen molar-refractivity contribution in [3.8, 4) is 6.07 Å². The van der Waals surface area contributed by atoms with Gasteiger partial charge >= 0.3 is 0 Å². The van der Waals surface area contributed by atoms with Gasteiger partial charge in [0.15, 0.2) is 0 Å². The highest BCUT2D eigenvalue weighted by Crippen LogP contribution is 2.21. The molecule has 0 saturated heterocycles. The van der Waals surface area contributed by atoms with Crippen LogP contribution in [0.4, 0.5) is 0 Å². The van der Waals surface area contributed by atoms with Crippen LogP contribution in [0.5, 0.6) is 0 Å². The summed E-state index contributed by atoms with van der Waals surface area (Å²) in [5.41, 5.74) is 0.221. The lowest BCUT2D eigenvalue weighted by atomic mass is 10.2. The van der Waals surface area contributed by atoms with Crippen LogP contribution < -0.4 is 0 Å². The fourth-order valence-electron chi connectivity index (χ4n) is 2.35. The largest absolute Gasteiger partial charge is 0.244 e. The Hall–Kier alpha value is -1.38. The molecule has 0 spiro atoms. The Morgan fingerprint density at radius 1 is 1.00 bits per heavy atom. The van der Waals surface area contributed by atoms with Gasteiger partial charge in [-0.25, -0.2) is 8.42 Å². The van der Waals surface area contributed by atoms with Gasteiger partial charge in [-0.2, -0.15) is 9.57 Å². The van der Waals surface area contributed by atoms with Gasteiger partial charge in [0, 0.05) is 13.1 Å². The molecule has 0 aliphatic rings. The predicted molar refractivity (Wildman–Crippen MR) is 89.0 cm³/mol. The monoisotopic (exact) mass is 322 g/mol. The van der Waals surface area contributed by atoms with E-state index in [9.17, 15) is 8.42 Å². The number of unbranched alkanes of at least 4 members (excludes halogenated alkanes) is 4. The van der Waals surface area contributed by atoms with Gasteiger partial charge in [0.25, 0.3) is 0 Å². The quantitative estimate of drug-likeness (QED) is 0.613. The predicted octanol–water partition coefficient (Wildman–Crippen LogP) is 3.93. The van der Waals surface area contributed by atoms with Crippen LogP contribution in [0.15, 0.2) is 29.2 Å². The van der Waals surface area contributed by atoms with E-state index in [1.54, 1.807) is 22.5 Å². The molecule has 0 fully saturated rings. The molecule has 0 amide bonds. The second kappa shape index (κ2) is 9.60. The van der Waals surface area contributed by atoms with Crippen molar-refractivity contribution in [2.45, 2.75) is 57.3 Å². The molecule has 0 bridgehead atoms. The lowest BCUT2D eigenvalue weighted by Crippen LogP contribution is -2.33. The first-order valence-electron chi connectivity index (χ1n) is 8.07. The summed E-state index contributed by atoms with van der Waals surface area (Å²) in [6, 6.07) is 8.43. The number of rotatable bonds is 10. The van der Waals surface area contributed by atoms with Crippen LogP contribution in [0.3, 0.4) is 0 Å². The number of hydrogen-bond acceptors (Lipinski definition) is 3. The lowest BCUT2D eigenvalue weighted by Gasteiger charge is -2.22. The first kappa shape index (κ1) is 18.7. The van der Waals surface area contributed by atoms with Crippen LogP contribution in [0.25, 0.3) is 0 Å². The van der Waals surface area contributed by atoms with Gasteiger partial charge in [0.05, 0.1) is 10.5 Å². The van der Waals surface area contributed by atoms with Crippen LogP contribution in [0.2, 0.25) is 0 Å². The Morgan fingerprint density at radius 2 is 1.55 bits per heavy atom. The van der Waals surface area contributed by atoms with Gasteiger partial charge in [-0.1, -0.05) is 51.7 Å². The molecule has 1 aromatic carbocycles. The molecular formula is C17H26N2O2S. The lowest BCUT2D eigenvalue weighted by molar-refractivity contribution is 0.388. The summed E-state index contributed by atoms with van der Waals surface area (Å²) in [5.74, 6) is 0. The molecule has 0 atom stereocenters. The average molecular weight is 322 g/mol. The van der Waals surface area contributed by atoms with Gasteiger partial charge in [-0.3, -0.25) is 0 Å². The van der Waals surface area contributed by atoms with Crippen molar-refractivity contribution in [3.05, 3.63) is 29.8 Å². The molecule has 1 aromatic rings. The summed E-state index contributed by atoms with van der Waals surface area (Å²) in [4.78, 5) is 0.130. The van der Waals surface area contributed by atoms with E-state index >= 15 is 0 Å². The van der Waals surface area contributed by atoms with E-state index < -0.39 is 10.0 Å². The van der Waals surface area contributed by atoms with Crippen molar-refractivity contribution < 1.29 is 8.42 Å². The summed E-state index contributed by atoms with van der Waals surface area (Å²) < 4.78 is 27.3. The zero-order valence-electron chi connectivity index (χ0n) is 13.6. The second-order valence-electron chi connectivity index (χ2n) is 5.43. The molecule has 0 heterocycles. The fraction of sp³-hybridized carbons (Fsp3) is 0.588. The van der Waals surface area contributed by atoms with E-state index in [-0.39, 0.29) is 10.5 Å². The van der Waals surface area contributed by atoms with E-state index in [0.29, 0.717) is 13.1 Å². The molecule has 4 nitrogen and oxygen atoms in total. The molecular weight excluding hydrogens is 296 g/mol. The minimum atomic E-state index is -3.59. The Bertz CT molecular complexity index is 581. The van der Waals surface area contributed by atoms with Crippen LogP contribution in [0, 0.1) is 11.3 Å². The Morgan fingerprint density at radius 3 is 2.05 bits per heavy atom. The van der Waals surface area contributed by atoms with Crippen molar-refractivity contribution in [2.75, 3.05) is 13.1 Å². The molecule has 0 aliphatic carbocycles. The number of nitriles is 1. The molecule has 0 radical (unpaired) electrons. The van der Waals surface area contributed by atoms with Crippen molar-refractivity contribution in [1.29, 1.82) is 5.26 Å². The SMILES string of the molecule is CCCCCN(CCCCC)S(=O)(=O)c1ccccc1C#N. The van der Waals surface area contributed by atoms with Crippen LogP contribution in [0.1, 0.15) is 57.9 Å². The smallest absolute Gasteiger partial charge is 0.207 e. The molecule has 122 valence electrons. The third kappa shape index (κ3) is 5.11. The van der Waals surface area contributed by atoms with Gasteiger partial charge in [-0.05, 0) is 25.0 Å². The van der Waals surface area contributed by atoms with Crippen molar-refractivity contribution >= 4 is 10.0 Å². The third-order valence-corrected chi connectivity index (χ3v) is 5.60.